The Hall–Kier alpha value is -3.54. The van der Waals surface area contributed by atoms with Crippen molar-refractivity contribution < 1.29 is 14.0 Å². The third-order valence-corrected chi connectivity index (χ3v) is 5.04. The van der Waals surface area contributed by atoms with Crippen LogP contribution in [0.1, 0.15) is 23.2 Å². The normalized spacial score (nSPS) is 15.9. The van der Waals surface area contributed by atoms with E-state index in [0.717, 1.165) is 17.5 Å². The van der Waals surface area contributed by atoms with Crippen LogP contribution >= 0.6 is 0 Å². The lowest BCUT2D eigenvalue weighted by molar-refractivity contribution is -0.119. The van der Waals surface area contributed by atoms with E-state index in [2.05, 4.69) is 10.3 Å². The van der Waals surface area contributed by atoms with Crippen molar-refractivity contribution in [3.05, 3.63) is 84.4 Å². The van der Waals surface area contributed by atoms with Crippen LogP contribution in [0.25, 0.3) is 11.1 Å². The van der Waals surface area contributed by atoms with Crippen LogP contribution in [0.5, 0.6) is 0 Å². The zero-order valence-corrected chi connectivity index (χ0v) is 15.7. The number of nitrogens with one attached hydrogen (secondary N) is 1. The molecule has 1 fully saturated rings. The molecule has 2 aromatic carbocycles. The van der Waals surface area contributed by atoms with Gasteiger partial charge in [-0.15, -0.1) is 0 Å². The number of carbonyl (C=O) groups is 2. The fraction of sp³-hybridized carbons (Fsp3) is 0.174. The van der Waals surface area contributed by atoms with E-state index in [1.165, 1.54) is 18.3 Å². The highest BCUT2D eigenvalue weighted by molar-refractivity contribution is 6.01. The first-order chi connectivity index (χ1) is 14.1. The van der Waals surface area contributed by atoms with Gasteiger partial charge in [-0.1, -0.05) is 24.3 Å². The Bertz CT molecular complexity index is 1020. The molecular weight excluding hydrogens is 369 g/mol. The van der Waals surface area contributed by atoms with Crippen molar-refractivity contribution in [2.24, 2.45) is 0 Å². The lowest BCUT2D eigenvalue weighted by Crippen LogP contribution is -2.43. The third-order valence-electron chi connectivity index (χ3n) is 5.04. The molecule has 0 bridgehead atoms. The van der Waals surface area contributed by atoms with Crippen LogP contribution in [-0.2, 0) is 4.79 Å². The fourth-order valence-corrected chi connectivity index (χ4v) is 3.58. The molecule has 4 rings (SSSR count). The van der Waals surface area contributed by atoms with Crippen LogP contribution in [0.2, 0.25) is 0 Å². The number of nitrogens with zero attached hydrogens (tertiary/aromatic N) is 2. The Morgan fingerprint density at radius 1 is 1.03 bits per heavy atom. The van der Waals surface area contributed by atoms with Crippen molar-refractivity contribution in [1.82, 2.24) is 9.88 Å². The number of anilines is 1. The minimum absolute atomic E-state index is 0.183. The molecule has 1 aliphatic heterocycles. The predicted molar refractivity (Wildman–Crippen MR) is 109 cm³/mol. The van der Waals surface area contributed by atoms with Crippen LogP contribution in [-0.4, -0.2) is 34.3 Å². The van der Waals surface area contributed by atoms with E-state index >= 15 is 0 Å². The van der Waals surface area contributed by atoms with Crippen LogP contribution in [0.4, 0.5) is 10.1 Å². The van der Waals surface area contributed by atoms with Gasteiger partial charge in [0, 0.05) is 24.6 Å². The molecule has 6 heteroatoms. The van der Waals surface area contributed by atoms with E-state index in [-0.39, 0.29) is 17.6 Å². The summed E-state index contributed by atoms with van der Waals surface area (Å²) >= 11 is 0. The molecule has 1 aromatic heterocycles. The molecule has 1 unspecified atom stereocenters. The zero-order chi connectivity index (χ0) is 20.2. The van der Waals surface area contributed by atoms with Gasteiger partial charge in [-0.2, -0.15) is 0 Å². The molecule has 3 aromatic rings. The minimum Gasteiger partial charge on any atom is -0.327 e. The number of carbonyl (C=O) groups excluding carboxylic acids is 2. The summed E-state index contributed by atoms with van der Waals surface area (Å²) in [6.45, 7) is 0.546. The fourth-order valence-electron chi connectivity index (χ4n) is 3.58. The van der Waals surface area contributed by atoms with Crippen molar-refractivity contribution >= 4 is 17.5 Å². The number of rotatable bonds is 4. The topological polar surface area (TPSA) is 62.3 Å². The maximum atomic E-state index is 13.4. The SMILES string of the molecule is O=C(Nc1ccc(-c2cccc(F)c2)cc1)C1CCCN1C(=O)c1cccnc1. The largest absolute Gasteiger partial charge is 0.327 e. The van der Waals surface area contributed by atoms with Gasteiger partial charge >= 0.3 is 0 Å². The first-order valence-electron chi connectivity index (χ1n) is 9.50. The van der Waals surface area contributed by atoms with Gasteiger partial charge in [0.2, 0.25) is 5.91 Å². The Morgan fingerprint density at radius 3 is 2.59 bits per heavy atom. The summed E-state index contributed by atoms with van der Waals surface area (Å²) in [5, 5.41) is 2.89. The number of halogens is 1. The standard InChI is InChI=1S/C23H20FN3O2/c24-19-6-1-4-17(14-19)16-8-10-20(11-9-16)26-22(28)21-7-3-13-27(21)23(29)18-5-2-12-25-15-18/h1-2,4-6,8-12,14-15,21H,3,7,13H2,(H,26,28). The molecule has 29 heavy (non-hydrogen) atoms. The van der Waals surface area contributed by atoms with Gasteiger partial charge in [-0.05, 0) is 60.4 Å². The summed E-state index contributed by atoms with van der Waals surface area (Å²) in [6.07, 6.45) is 4.53. The maximum Gasteiger partial charge on any atom is 0.256 e. The second-order valence-corrected chi connectivity index (χ2v) is 6.98. The Balaban J connectivity index is 1.45. The maximum absolute atomic E-state index is 13.4. The quantitative estimate of drug-likeness (QED) is 0.730. The highest BCUT2D eigenvalue weighted by Gasteiger charge is 2.34. The first-order valence-corrected chi connectivity index (χ1v) is 9.50. The second-order valence-electron chi connectivity index (χ2n) is 6.98. The lowest BCUT2D eigenvalue weighted by atomic mass is 10.1. The number of hydrogen-bond donors (Lipinski definition) is 1. The summed E-state index contributed by atoms with van der Waals surface area (Å²) in [6, 6.07) is 16.5. The summed E-state index contributed by atoms with van der Waals surface area (Å²) in [4.78, 5) is 31.1. The number of hydrogen-bond acceptors (Lipinski definition) is 3. The Kier molecular flexibility index (Phi) is 5.33. The smallest absolute Gasteiger partial charge is 0.256 e. The number of likely N-dealkylation sites (tertiary alicyclic amines) is 1. The highest BCUT2D eigenvalue weighted by atomic mass is 19.1. The van der Waals surface area contributed by atoms with Gasteiger partial charge < -0.3 is 10.2 Å². The number of pyridine rings is 1. The van der Waals surface area contributed by atoms with Crippen LogP contribution in [0.15, 0.2) is 73.1 Å². The average Bonchev–Trinajstić information content (AvgIpc) is 3.24. The van der Waals surface area contributed by atoms with E-state index < -0.39 is 6.04 Å². The molecule has 0 radical (unpaired) electrons. The van der Waals surface area contributed by atoms with E-state index in [1.54, 1.807) is 41.4 Å². The molecule has 1 N–H and O–H groups in total. The molecule has 5 nitrogen and oxygen atoms in total. The average molecular weight is 389 g/mol. The van der Waals surface area contributed by atoms with E-state index in [9.17, 15) is 14.0 Å². The van der Waals surface area contributed by atoms with Crippen molar-refractivity contribution in [1.29, 1.82) is 0 Å². The van der Waals surface area contributed by atoms with Crippen molar-refractivity contribution in [2.45, 2.75) is 18.9 Å². The predicted octanol–water partition coefficient (Wildman–Crippen LogP) is 4.13. The van der Waals surface area contributed by atoms with Crippen molar-refractivity contribution in [3.8, 4) is 11.1 Å². The van der Waals surface area contributed by atoms with Crippen molar-refractivity contribution in [3.63, 3.8) is 0 Å². The number of benzene rings is 2. The zero-order valence-electron chi connectivity index (χ0n) is 15.7. The molecule has 146 valence electrons. The Morgan fingerprint density at radius 2 is 1.86 bits per heavy atom. The van der Waals surface area contributed by atoms with Crippen molar-refractivity contribution in [2.75, 3.05) is 11.9 Å². The molecular formula is C23H20FN3O2. The molecule has 2 heterocycles. The van der Waals surface area contributed by atoms with Gasteiger partial charge in [0.25, 0.3) is 5.91 Å². The minimum atomic E-state index is -0.509. The van der Waals surface area contributed by atoms with Gasteiger partial charge in [0.1, 0.15) is 11.9 Å². The van der Waals surface area contributed by atoms with E-state index in [1.807, 2.05) is 18.2 Å². The summed E-state index contributed by atoms with van der Waals surface area (Å²) in [7, 11) is 0. The highest BCUT2D eigenvalue weighted by Crippen LogP contribution is 2.24. The van der Waals surface area contributed by atoms with Gasteiger partial charge in [-0.3, -0.25) is 14.6 Å². The molecule has 1 saturated heterocycles. The van der Waals surface area contributed by atoms with Crippen LogP contribution < -0.4 is 5.32 Å². The number of amides is 2. The number of aromatic nitrogens is 1. The first kappa shape index (κ1) is 18.8. The van der Waals surface area contributed by atoms with Gasteiger partial charge in [-0.25, -0.2) is 4.39 Å². The third kappa shape index (κ3) is 4.16. The molecule has 1 aliphatic rings. The molecule has 0 saturated carbocycles. The van der Waals surface area contributed by atoms with Gasteiger partial charge in [0.15, 0.2) is 0 Å². The summed E-state index contributed by atoms with van der Waals surface area (Å²) < 4.78 is 13.4. The molecule has 0 aliphatic carbocycles. The summed E-state index contributed by atoms with van der Waals surface area (Å²) in [5.74, 6) is -0.685. The lowest BCUT2D eigenvalue weighted by Gasteiger charge is -2.24. The van der Waals surface area contributed by atoms with E-state index in [4.69, 9.17) is 0 Å². The summed E-state index contributed by atoms with van der Waals surface area (Å²) in [5.41, 5.74) is 2.74. The Labute approximate surface area is 168 Å². The van der Waals surface area contributed by atoms with E-state index in [0.29, 0.717) is 24.2 Å². The van der Waals surface area contributed by atoms with Crippen LogP contribution in [0, 0.1) is 5.82 Å². The molecule has 1 atom stereocenters. The molecule has 0 spiro atoms. The van der Waals surface area contributed by atoms with Gasteiger partial charge in [0.05, 0.1) is 5.56 Å². The second kappa shape index (κ2) is 8.22. The monoisotopic (exact) mass is 389 g/mol. The van der Waals surface area contributed by atoms with Crippen LogP contribution in [0.3, 0.4) is 0 Å². The molecule has 2 amide bonds.